The van der Waals surface area contributed by atoms with E-state index in [2.05, 4.69) is 0 Å². The van der Waals surface area contributed by atoms with E-state index in [0.29, 0.717) is 5.39 Å². The van der Waals surface area contributed by atoms with Crippen molar-refractivity contribution in [3.8, 4) is 11.1 Å². The molecule has 1 aromatic heterocycles. The lowest BCUT2D eigenvalue weighted by Gasteiger charge is -2.11. The molecule has 0 saturated heterocycles. The third kappa shape index (κ3) is 2.80. The molecule has 0 fully saturated rings. The maximum absolute atomic E-state index is 12.3. The van der Waals surface area contributed by atoms with Gasteiger partial charge in [-0.1, -0.05) is 24.3 Å². The maximum Gasteiger partial charge on any atom is 0.258 e. The fourth-order valence-electron chi connectivity index (χ4n) is 2.76. The van der Waals surface area contributed by atoms with Crippen LogP contribution in [-0.2, 0) is 16.9 Å². The number of benzene rings is 2. The molecule has 2 aromatic carbocycles. The molecule has 0 atom stereocenters. The number of rotatable bonds is 2. The van der Waals surface area contributed by atoms with Crippen LogP contribution in [0.15, 0.2) is 58.4 Å². The van der Waals surface area contributed by atoms with Crippen molar-refractivity contribution in [1.82, 2.24) is 4.57 Å². The van der Waals surface area contributed by atoms with Gasteiger partial charge in [-0.3, -0.25) is 4.79 Å². The lowest BCUT2D eigenvalue weighted by atomic mass is 9.99. The normalized spacial score (nSPS) is 11.8. The highest BCUT2D eigenvalue weighted by Gasteiger charge is 2.13. The second-order valence-electron chi connectivity index (χ2n) is 5.81. The predicted octanol–water partition coefficient (Wildman–Crippen LogP) is 2.92. The van der Waals surface area contributed by atoms with Crippen LogP contribution in [0.3, 0.4) is 0 Å². The van der Waals surface area contributed by atoms with Gasteiger partial charge in [0.2, 0.25) is 0 Å². The van der Waals surface area contributed by atoms with E-state index in [1.165, 1.54) is 10.8 Å². The first-order chi connectivity index (χ1) is 10.8. The Morgan fingerprint density at radius 3 is 2.30 bits per heavy atom. The zero-order valence-corrected chi connectivity index (χ0v) is 14.0. The molecule has 0 spiro atoms. The van der Waals surface area contributed by atoms with E-state index in [0.717, 1.165) is 22.1 Å². The van der Waals surface area contributed by atoms with Crippen LogP contribution < -0.4 is 5.56 Å². The van der Waals surface area contributed by atoms with Crippen molar-refractivity contribution < 1.29 is 8.42 Å². The van der Waals surface area contributed by atoms with Crippen molar-refractivity contribution in [1.29, 1.82) is 0 Å². The zero-order chi connectivity index (χ0) is 16.8. The molecule has 0 bridgehead atoms. The fourth-order valence-corrected chi connectivity index (χ4v) is 3.50. The smallest absolute Gasteiger partial charge is 0.258 e. The lowest BCUT2D eigenvalue weighted by molar-refractivity contribution is 0.602. The van der Waals surface area contributed by atoms with Crippen LogP contribution in [-0.4, -0.2) is 19.2 Å². The van der Waals surface area contributed by atoms with Gasteiger partial charge in [-0.15, -0.1) is 0 Å². The van der Waals surface area contributed by atoms with E-state index in [-0.39, 0.29) is 10.5 Å². The zero-order valence-electron chi connectivity index (χ0n) is 13.2. The molecule has 3 rings (SSSR count). The van der Waals surface area contributed by atoms with E-state index in [1.54, 1.807) is 31.4 Å². The Morgan fingerprint density at radius 2 is 1.65 bits per heavy atom. The van der Waals surface area contributed by atoms with Gasteiger partial charge in [0.1, 0.15) is 0 Å². The Morgan fingerprint density at radius 1 is 1.00 bits per heavy atom. The van der Waals surface area contributed by atoms with Gasteiger partial charge < -0.3 is 4.57 Å². The SMILES string of the molecule is Cc1cc(-c2cn(C)c(=O)c3ccccc23)cc(S(C)(=O)=O)c1. The number of aromatic nitrogens is 1. The number of fused-ring (bicyclic) bond motifs is 1. The van der Waals surface area contributed by atoms with Crippen molar-refractivity contribution in [3.05, 3.63) is 64.6 Å². The maximum atomic E-state index is 12.3. The van der Waals surface area contributed by atoms with Crippen LogP contribution in [0, 0.1) is 6.92 Å². The summed E-state index contributed by atoms with van der Waals surface area (Å²) < 4.78 is 25.3. The molecule has 0 aliphatic carbocycles. The first kappa shape index (κ1) is 15.5. The summed E-state index contributed by atoms with van der Waals surface area (Å²) in [7, 11) is -1.60. The van der Waals surface area contributed by atoms with E-state index < -0.39 is 9.84 Å². The molecular formula is C18H17NO3S. The summed E-state index contributed by atoms with van der Waals surface area (Å²) in [5.74, 6) is 0. The predicted molar refractivity (Wildman–Crippen MR) is 92.5 cm³/mol. The molecule has 1 heterocycles. The minimum absolute atomic E-state index is 0.0691. The summed E-state index contributed by atoms with van der Waals surface area (Å²) in [5.41, 5.74) is 2.43. The summed E-state index contributed by atoms with van der Waals surface area (Å²) >= 11 is 0. The molecule has 3 aromatic rings. The Hall–Kier alpha value is -2.40. The highest BCUT2D eigenvalue weighted by molar-refractivity contribution is 7.90. The van der Waals surface area contributed by atoms with E-state index >= 15 is 0 Å². The molecular weight excluding hydrogens is 310 g/mol. The van der Waals surface area contributed by atoms with Crippen molar-refractivity contribution >= 4 is 20.6 Å². The largest absolute Gasteiger partial charge is 0.317 e. The number of aryl methyl sites for hydroxylation is 2. The molecule has 23 heavy (non-hydrogen) atoms. The van der Waals surface area contributed by atoms with E-state index in [1.807, 2.05) is 31.2 Å². The van der Waals surface area contributed by atoms with Gasteiger partial charge in [-0.25, -0.2) is 8.42 Å². The first-order valence-corrected chi connectivity index (χ1v) is 9.07. The second-order valence-corrected chi connectivity index (χ2v) is 7.83. The van der Waals surface area contributed by atoms with Crippen LogP contribution in [0.4, 0.5) is 0 Å². The molecule has 0 amide bonds. The van der Waals surface area contributed by atoms with Gasteiger partial charge in [0.25, 0.3) is 5.56 Å². The van der Waals surface area contributed by atoms with Crippen molar-refractivity contribution in [2.75, 3.05) is 6.26 Å². The molecule has 118 valence electrons. The van der Waals surface area contributed by atoms with Crippen molar-refractivity contribution in [3.63, 3.8) is 0 Å². The third-order valence-corrected chi connectivity index (χ3v) is 4.97. The molecule has 0 aliphatic heterocycles. The van der Waals surface area contributed by atoms with Crippen molar-refractivity contribution in [2.24, 2.45) is 7.05 Å². The third-order valence-electron chi connectivity index (χ3n) is 3.88. The summed E-state index contributed by atoms with van der Waals surface area (Å²) in [6.45, 7) is 1.86. The fraction of sp³-hybridized carbons (Fsp3) is 0.167. The van der Waals surface area contributed by atoms with Gasteiger partial charge in [0, 0.05) is 30.4 Å². The van der Waals surface area contributed by atoms with E-state index in [9.17, 15) is 13.2 Å². The van der Waals surface area contributed by atoms with Gasteiger partial charge >= 0.3 is 0 Å². The Kier molecular flexibility index (Phi) is 3.60. The molecule has 0 aliphatic rings. The summed E-state index contributed by atoms with van der Waals surface area (Å²) in [4.78, 5) is 12.6. The topological polar surface area (TPSA) is 56.1 Å². The molecule has 0 N–H and O–H groups in total. The van der Waals surface area contributed by atoms with Gasteiger partial charge in [0.05, 0.1) is 4.90 Å². The second kappa shape index (κ2) is 5.35. The summed E-state index contributed by atoms with van der Waals surface area (Å²) in [6, 6.07) is 12.6. The van der Waals surface area contributed by atoms with Crippen LogP contribution in [0.25, 0.3) is 21.9 Å². The van der Waals surface area contributed by atoms with Gasteiger partial charge in [-0.05, 0) is 41.6 Å². The van der Waals surface area contributed by atoms with Crippen LogP contribution in [0.2, 0.25) is 0 Å². The van der Waals surface area contributed by atoms with Crippen LogP contribution in [0.5, 0.6) is 0 Å². The molecule has 4 nitrogen and oxygen atoms in total. The lowest BCUT2D eigenvalue weighted by Crippen LogP contribution is -2.16. The Labute approximate surface area is 134 Å². The monoisotopic (exact) mass is 327 g/mol. The number of pyridine rings is 1. The Balaban J connectivity index is 2.41. The molecule has 5 heteroatoms. The van der Waals surface area contributed by atoms with Crippen LogP contribution >= 0.6 is 0 Å². The summed E-state index contributed by atoms with van der Waals surface area (Å²) in [6.07, 6.45) is 2.95. The Bertz CT molecular complexity index is 1080. The molecule has 0 radical (unpaired) electrons. The van der Waals surface area contributed by atoms with Gasteiger partial charge in [-0.2, -0.15) is 0 Å². The minimum atomic E-state index is -3.30. The average Bonchev–Trinajstić information content (AvgIpc) is 2.49. The molecule has 0 saturated carbocycles. The number of hydrogen-bond donors (Lipinski definition) is 0. The highest BCUT2D eigenvalue weighted by Crippen LogP contribution is 2.29. The first-order valence-electron chi connectivity index (χ1n) is 7.18. The van der Waals surface area contributed by atoms with E-state index in [4.69, 9.17) is 0 Å². The molecule has 0 unspecified atom stereocenters. The number of nitrogens with zero attached hydrogens (tertiary/aromatic N) is 1. The standard InChI is InChI=1S/C18H17NO3S/c1-12-8-13(10-14(9-12)23(3,21)22)17-11-19(2)18(20)16-7-5-4-6-15(16)17/h4-11H,1-3H3. The van der Waals surface area contributed by atoms with Crippen LogP contribution in [0.1, 0.15) is 5.56 Å². The van der Waals surface area contributed by atoms with Gasteiger partial charge in [0.15, 0.2) is 9.84 Å². The number of hydrogen-bond acceptors (Lipinski definition) is 3. The highest BCUT2D eigenvalue weighted by atomic mass is 32.2. The minimum Gasteiger partial charge on any atom is -0.317 e. The average molecular weight is 327 g/mol. The quantitative estimate of drug-likeness (QED) is 0.727. The number of sulfone groups is 1. The van der Waals surface area contributed by atoms with Crippen molar-refractivity contribution in [2.45, 2.75) is 11.8 Å². The summed E-state index contributed by atoms with van der Waals surface area (Å²) in [5, 5.41) is 1.44.